The van der Waals surface area contributed by atoms with Gasteiger partial charge in [-0.1, -0.05) is 6.07 Å². The van der Waals surface area contributed by atoms with E-state index in [1.54, 1.807) is 0 Å². The van der Waals surface area contributed by atoms with E-state index in [0.717, 1.165) is 25.9 Å². The van der Waals surface area contributed by atoms with E-state index in [9.17, 15) is 0 Å². The molecule has 0 saturated carbocycles. The Labute approximate surface area is 108 Å². The van der Waals surface area contributed by atoms with E-state index in [1.165, 1.54) is 18.4 Å². The summed E-state index contributed by atoms with van der Waals surface area (Å²) in [5.74, 6) is 5.99. The molecule has 1 fully saturated rings. The molecule has 1 atom stereocenters. The van der Waals surface area contributed by atoms with Crippen LogP contribution in [0.3, 0.4) is 0 Å². The van der Waals surface area contributed by atoms with Crippen molar-refractivity contribution in [3.63, 3.8) is 0 Å². The van der Waals surface area contributed by atoms with Gasteiger partial charge in [-0.05, 0) is 43.9 Å². The van der Waals surface area contributed by atoms with Crippen LogP contribution in [0.5, 0.6) is 0 Å². The number of hydrazine groups is 1. The van der Waals surface area contributed by atoms with Crippen LogP contribution >= 0.6 is 0 Å². The number of rotatable bonds is 6. The van der Waals surface area contributed by atoms with Crippen molar-refractivity contribution < 1.29 is 5.11 Å². The predicted octanol–water partition coefficient (Wildman–Crippen LogP) is 1.10. The Balaban J connectivity index is 1.90. The molecule has 1 aliphatic heterocycles. The van der Waals surface area contributed by atoms with Crippen LogP contribution in [0.15, 0.2) is 18.3 Å². The summed E-state index contributed by atoms with van der Waals surface area (Å²) in [7, 11) is 0. The number of likely N-dealkylation sites (tertiary alicyclic amines) is 1. The molecule has 0 spiro atoms. The summed E-state index contributed by atoms with van der Waals surface area (Å²) in [4.78, 5) is 6.71. The van der Waals surface area contributed by atoms with Crippen LogP contribution in [0.1, 0.15) is 31.2 Å². The first-order valence-corrected chi connectivity index (χ1v) is 6.60. The Morgan fingerprint density at radius 1 is 1.50 bits per heavy atom. The Morgan fingerprint density at radius 3 is 3.06 bits per heavy atom. The summed E-state index contributed by atoms with van der Waals surface area (Å²) in [6.45, 7) is 2.38. The van der Waals surface area contributed by atoms with Gasteiger partial charge in [0, 0.05) is 25.4 Å². The quantitative estimate of drug-likeness (QED) is 0.521. The summed E-state index contributed by atoms with van der Waals surface area (Å²) in [5.41, 5.74) is 3.74. The molecule has 0 radical (unpaired) electrons. The highest BCUT2D eigenvalue weighted by Crippen LogP contribution is 2.23. The number of hydrogen-bond acceptors (Lipinski definition) is 5. The SMILES string of the molecule is NNc1ccc(CN2CCCC2CCCO)cn1. The fraction of sp³-hybridized carbons (Fsp3) is 0.615. The second-order valence-electron chi connectivity index (χ2n) is 4.83. The Morgan fingerprint density at radius 2 is 2.39 bits per heavy atom. The minimum atomic E-state index is 0.294. The molecule has 4 N–H and O–H groups in total. The average molecular weight is 250 g/mol. The predicted molar refractivity (Wildman–Crippen MR) is 71.8 cm³/mol. The minimum Gasteiger partial charge on any atom is -0.396 e. The number of pyridine rings is 1. The molecule has 1 saturated heterocycles. The van der Waals surface area contributed by atoms with Crippen molar-refractivity contribution in [1.29, 1.82) is 0 Å². The molecule has 5 heteroatoms. The molecule has 0 aliphatic carbocycles. The maximum absolute atomic E-state index is 8.91. The zero-order valence-corrected chi connectivity index (χ0v) is 10.7. The zero-order chi connectivity index (χ0) is 12.8. The molecule has 1 unspecified atom stereocenters. The molecule has 0 aromatic carbocycles. The Hall–Kier alpha value is -1.17. The lowest BCUT2D eigenvalue weighted by molar-refractivity contribution is 0.210. The molecule has 2 heterocycles. The van der Waals surface area contributed by atoms with Crippen LogP contribution in [-0.2, 0) is 6.54 Å². The van der Waals surface area contributed by atoms with Crippen LogP contribution in [0.25, 0.3) is 0 Å². The highest BCUT2D eigenvalue weighted by atomic mass is 16.2. The number of anilines is 1. The van der Waals surface area contributed by atoms with E-state index in [-0.39, 0.29) is 0 Å². The first-order chi connectivity index (χ1) is 8.83. The lowest BCUT2D eigenvalue weighted by Crippen LogP contribution is -2.29. The third-order valence-corrected chi connectivity index (χ3v) is 3.55. The van der Waals surface area contributed by atoms with Crippen LogP contribution in [-0.4, -0.2) is 34.2 Å². The van der Waals surface area contributed by atoms with Crippen LogP contribution < -0.4 is 11.3 Å². The van der Waals surface area contributed by atoms with Crippen LogP contribution in [0.4, 0.5) is 5.82 Å². The first kappa shape index (κ1) is 13.3. The van der Waals surface area contributed by atoms with Crippen molar-refractivity contribution in [3.05, 3.63) is 23.9 Å². The van der Waals surface area contributed by atoms with Crippen molar-refractivity contribution in [2.75, 3.05) is 18.6 Å². The summed E-state index contributed by atoms with van der Waals surface area (Å²) in [6, 6.07) is 4.57. The highest BCUT2D eigenvalue weighted by molar-refractivity contribution is 5.33. The largest absolute Gasteiger partial charge is 0.396 e. The molecule has 2 rings (SSSR count). The van der Waals surface area contributed by atoms with E-state index in [4.69, 9.17) is 10.9 Å². The number of aliphatic hydroxyl groups excluding tert-OH is 1. The topological polar surface area (TPSA) is 74.4 Å². The molecule has 5 nitrogen and oxygen atoms in total. The standard InChI is InChI=1S/C13H22N4O/c14-16-13-6-5-11(9-15-13)10-17-7-1-3-12(17)4-2-8-18/h5-6,9,12,18H,1-4,7-8,10,14H2,(H,15,16). The number of aromatic nitrogens is 1. The number of aliphatic hydroxyl groups is 1. The summed E-state index contributed by atoms with van der Waals surface area (Å²) in [5, 5.41) is 8.91. The fourth-order valence-corrected chi connectivity index (χ4v) is 2.60. The van der Waals surface area contributed by atoms with E-state index < -0.39 is 0 Å². The molecule has 100 valence electrons. The number of hydrogen-bond donors (Lipinski definition) is 3. The molecule has 1 aromatic rings. The van der Waals surface area contributed by atoms with Gasteiger partial charge in [-0.2, -0.15) is 0 Å². The average Bonchev–Trinajstić information content (AvgIpc) is 2.84. The number of nitrogens with two attached hydrogens (primary N) is 1. The monoisotopic (exact) mass is 250 g/mol. The Bertz CT molecular complexity index is 355. The Kier molecular flexibility index (Phi) is 4.92. The highest BCUT2D eigenvalue weighted by Gasteiger charge is 2.23. The second kappa shape index (κ2) is 6.68. The van der Waals surface area contributed by atoms with Crippen molar-refractivity contribution in [1.82, 2.24) is 9.88 Å². The zero-order valence-electron chi connectivity index (χ0n) is 10.7. The molecule has 1 aliphatic rings. The van der Waals surface area contributed by atoms with Crippen molar-refractivity contribution in [3.8, 4) is 0 Å². The van der Waals surface area contributed by atoms with Gasteiger partial charge in [0.05, 0.1) is 0 Å². The van der Waals surface area contributed by atoms with Gasteiger partial charge in [0.25, 0.3) is 0 Å². The lowest BCUT2D eigenvalue weighted by Gasteiger charge is -2.24. The minimum absolute atomic E-state index is 0.294. The smallest absolute Gasteiger partial charge is 0.139 e. The normalized spacial score (nSPS) is 20.2. The number of nitrogen functional groups attached to an aromatic ring is 1. The molecule has 0 bridgehead atoms. The number of nitrogens with zero attached hydrogens (tertiary/aromatic N) is 2. The second-order valence-corrected chi connectivity index (χ2v) is 4.83. The summed E-state index contributed by atoms with van der Waals surface area (Å²) < 4.78 is 0. The van der Waals surface area contributed by atoms with Crippen LogP contribution in [0.2, 0.25) is 0 Å². The van der Waals surface area contributed by atoms with E-state index in [0.29, 0.717) is 18.5 Å². The third-order valence-electron chi connectivity index (χ3n) is 3.55. The summed E-state index contributed by atoms with van der Waals surface area (Å²) >= 11 is 0. The van der Waals surface area contributed by atoms with Gasteiger partial charge in [0.1, 0.15) is 5.82 Å². The number of nitrogens with one attached hydrogen (secondary N) is 1. The van der Waals surface area contributed by atoms with Gasteiger partial charge in [-0.15, -0.1) is 0 Å². The first-order valence-electron chi connectivity index (χ1n) is 6.60. The van der Waals surface area contributed by atoms with E-state index in [1.807, 2.05) is 12.3 Å². The molecule has 18 heavy (non-hydrogen) atoms. The third kappa shape index (κ3) is 3.41. The molecule has 0 amide bonds. The van der Waals surface area contributed by atoms with Crippen molar-refractivity contribution >= 4 is 5.82 Å². The van der Waals surface area contributed by atoms with Gasteiger partial charge in [0.15, 0.2) is 0 Å². The molecule has 1 aromatic heterocycles. The van der Waals surface area contributed by atoms with Crippen molar-refractivity contribution in [2.45, 2.75) is 38.3 Å². The maximum Gasteiger partial charge on any atom is 0.139 e. The lowest BCUT2D eigenvalue weighted by atomic mass is 10.1. The van der Waals surface area contributed by atoms with Crippen molar-refractivity contribution in [2.24, 2.45) is 5.84 Å². The summed E-state index contributed by atoms with van der Waals surface area (Å²) in [6.07, 6.45) is 6.36. The molecular formula is C13H22N4O. The maximum atomic E-state index is 8.91. The van der Waals surface area contributed by atoms with E-state index in [2.05, 4.69) is 21.4 Å². The fourth-order valence-electron chi connectivity index (χ4n) is 2.60. The van der Waals surface area contributed by atoms with Gasteiger partial charge in [0.2, 0.25) is 0 Å². The molecular weight excluding hydrogens is 228 g/mol. The van der Waals surface area contributed by atoms with Gasteiger partial charge in [-0.3, -0.25) is 4.90 Å². The van der Waals surface area contributed by atoms with E-state index >= 15 is 0 Å². The van der Waals surface area contributed by atoms with Gasteiger partial charge in [-0.25, -0.2) is 10.8 Å². The van der Waals surface area contributed by atoms with Crippen LogP contribution in [0, 0.1) is 0 Å². The van der Waals surface area contributed by atoms with Gasteiger partial charge < -0.3 is 10.5 Å². The van der Waals surface area contributed by atoms with Gasteiger partial charge >= 0.3 is 0 Å².